The fraction of sp³-hybridized carbons (Fsp3) is 0.500. The van der Waals surface area contributed by atoms with E-state index in [9.17, 15) is 9.59 Å². The zero-order valence-electron chi connectivity index (χ0n) is 13.1. The molecule has 21 heavy (non-hydrogen) atoms. The molecule has 0 aliphatic heterocycles. The van der Waals surface area contributed by atoms with Crippen LogP contribution in [0.25, 0.3) is 0 Å². The second-order valence-electron chi connectivity index (χ2n) is 5.22. The van der Waals surface area contributed by atoms with Crippen molar-refractivity contribution < 1.29 is 14.3 Å². The minimum atomic E-state index is -0.483. The fourth-order valence-electron chi connectivity index (χ4n) is 1.95. The van der Waals surface area contributed by atoms with Crippen molar-refractivity contribution in [3.8, 4) is 0 Å². The zero-order valence-corrected chi connectivity index (χ0v) is 13.1. The molecule has 116 valence electrons. The standard InChI is InChI=1S/C16H24N2O3/c1-5-12-6-8-13(9-7-12)18-14(19)10-17-15(11(2)3)16(20)21-4/h6-9,11,15,17H,5,10H2,1-4H3,(H,18,19). The van der Waals surface area contributed by atoms with Crippen molar-refractivity contribution in [2.24, 2.45) is 5.92 Å². The van der Waals surface area contributed by atoms with Crippen molar-refractivity contribution in [2.75, 3.05) is 19.0 Å². The number of methoxy groups -OCH3 is 1. The molecule has 0 bridgehead atoms. The number of aryl methyl sites for hydroxylation is 1. The molecule has 0 saturated carbocycles. The SMILES string of the molecule is CCc1ccc(NC(=O)CNC(C(=O)OC)C(C)C)cc1. The van der Waals surface area contributed by atoms with Gasteiger partial charge in [0.1, 0.15) is 6.04 Å². The highest BCUT2D eigenvalue weighted by Gasteiger charge is 2.22. The van der Waals surface area contributed by atoms with E-state index in [-0.39, 0.29) is 24.3 Å². The van der Waals surface area contributed by atoms with Gasteiger partial charge in [-0.2, -0.15) is 0 Å². The number of anilines is 1. The number of hydrogen-bond acceptors (Lipinski definition) is 4. The Bertz CT molecular complexity index is 469. The predicted molar refractivity (Wildman–Crippen MR) is 83.1 cm³/mol. The third-order valence-electron chi connectivity index (χ3n) is 3.25. The number of rotatable bonds is 7. The van der Waals surface area contributed by atoms with Gasteiger partial charge < -0.3 is 10.1 Å². The Morgan fingerprint density at radius 1 is 1.19 bits per heavy atom. The Labute approximate surface area is 126 Å². The van der Waals surface area contributed by atoms with Crippen LogP contribution in [-0.2, 0) is 20.7 Å². The molecular weight excluding hydrogens is 268 g/mol. The van der Waals surface area contributed by atoms with Crippen LogP contribution in [0, 0.1) is 5.92 Å². The predicted octanol–water partition coefficient (Wildman–Crippen LogP) is 1.97. The molecule has 0 saturated heterocycles. The van der Waals surface area contributed by atoms with Gasteiger partial charge in [0, 0.05) is 5.69 Å². The van der Waals surface area contributed by atoms with Crippen molar-refractivity contribution in [1.82, 2.24) is 5.32 Å². The van der Waals surface area contributed by atoms with Gasteiger partial charge in [0.2, 0.25) is 5.91 Å². The lowest BCUT2D eigenvalue weighted by Crippen LogP contribution is -2.45. The van der Waals surface area contributed by atoms with E-state index >= 15 is 0 Å². The van der Waals surface area contributed by atoms with Gasteiger partial charge in [-0.1, -0.05) is 32.9 Å². The Kier molecular flexibility index (Phi) is 6.88. The first kappa shape index (κ1) is 17.2. The van der Waals surface area contributed by atoms with Gasteiger partial charge in [-0.05, 0) is 30.0 Å². The molecule has 1 rings (SSSR count). The third kappa shape index (κ3) is 5.55. The third-order valence-corrected chi connectivity index (χ3v) is 3.25. The first-order valence-corrected chi connectivity index (χ1v) is 7.18. The Morgan fingerprint density at radius 2 is 1.81 bits per heavy atom. The van der Waals surface area contributed by atoms with Crippen LogP contribution >= 0.6 is 0 Å². The molecule has 0 spiro atoms. The van der Waals surface area contributed by atoms with Crippen molar-refractivity contribution in [3.63, 3.8) is 0 Å². The van der Waals surface area contributed by atoms with Crippen molar-refractivity contribution in [3.05, 3.63) is 29.8 Å². The summed E-state index contributed by atoms with van der Waals surface area (Å²) < 4.78 is 4.72. The molecule has 1 unspecified atom stereocenters. The summed E-state index contributed by atoms with van der Waals surface area (Å²) in [6.07, 6.45) is 0.963. The normalized spacial score (nSPS) is 12.0. The average molecular weight is 292 g/mol. The molecule has 0 aliphatic carbocycles. The molecule has 5 nitrogen and oxygen atoms in total. The van der Waals surface area contributed by atoms with Crippen molar-refractivity contribution in [2.45, 2.75) is 33.2 Å². The fourth-order valence-corrected chi connectivity index (χ4v) is 1.95. The van der Waals surface area contributed by atoms with E-state index in [0.717, 1.165) is 12.1 Å². The molecule has 0 aromatic heterocycles. The maximum absolute atomic E-state index is 11.9. The lowest BCUT2D eigenvalue weighted by Gasteiger charge is -2.19. The highest BCUT2D eigenvalue weighted by Crippen LogP contribution is 2.10. The summed E-state index contributed by atoms with van der Waals surface area (Å²) in [6, 6.07) is 7.22. The first-order valence-electron chi connectivity index (χ1n) is 7.18. The lowest BCUT2D eigenvalue weighted by molar-refractivity contribution is -0.144. The number of carbonyl (C=O) groups excluding carboxylic acids is 2. The summed E-state index contributed by atoms with van der Waals surface area (Å²) in [5, 5.41) is 5.72. The minimum absolute atomic E-state index is 0.0501. The monoisotopic (exact) mass is 292 g/mol. The molecule has 0 fully saturated rings. The van der Waals surface area contributed by atoms with E-state index in [1.165, 1.54) is 12.7 Å². The molecule has 1 atom stereocenters. The smallest absolute Gasteiger partial charge is 0.323 e. The zero-order chi connectivity index (χ0) is 15.8. The number of esters is 1. The summed E-state index contributed by atoms with van der Waals surface area (Å²) in [4.78, 5) is 23.5. The van der Waals surface area contributed by atoms with Gasteiger partial charge in [-0.25, -0.2) is 0 Å². The van der Waals surface area contributed by atoms with E-state index in [2.05, 4.69) is 17.6 Å². The average Bonchev–Trinajstić information content (AvgIpc) is 2.47. The van der Waals surface area contributed by atoms with Crippen LogP contribution < -0.4 is 10.6 Å². The number of hydrogen-bond donors (Lipinski definition) is 2. The summed E-state index contributed by atoms with van der Waals surface area (Å²) in [7, 11) is 1.34. The Balaban J connectivity index is 2.50. The highest BCUT2D eigenvalue weighted by atomic mass is 16.5. The van der Waals surface area contributed by atoms with Crippen LogP contribution in [-0.4, -0.2) is 31.6 Å². The molecule has 1 amide bonds. The minimum Gasteiger partial charge on any atom is -0.468 e. The summed E-state index contributed by atoms with van der Waals surface area (Å²) >= 11 is 0. The summed E-state index contributed by atoms with van der Waals surface area (Å²) in [5.74, 6) is -0.493. The summed E-state index contributed by atoms with van der Waals surface area (Å²) in [5.41, 5.74) is 1.97. The van der Waals surface area contributed by atoms with Crippen LogP contribution in [0.1, 0.15) is 26.3 Å². The molecule has 0 radical (unpaired) electrons. The van der Waals surface area contributed by atoms with Gasteiger partial charge >= 0.3 is 5.97 Å². The Hall–Kier alpha value is -1.88. The number of ether oxygens (including phenoxy) is 1. The molecule has 5 heteroatoms. The second-order valence-corrected chi connectivity index (χ2v) is 5.22. The largest absolute Gasteiger partial charge is 0.468 e. The van der Waals surface area contributed by atoms with Crippen LogP contribution in [0.15, 0.2) is 24.3 Å². The number of amides is 1. The van der Waals surface area contributed by atoms with Gasteiger partial charge in [0.05, 0.1) is 13.7 Å². The van der Waals surface area contributed by atoms with Crippen molar-refractivity contribution in [1.29, 1.82) is 0 Å². The van der Waals surface area contributed by atoms with E-state index in [1.807, 2.05) is 38.1 Å². The number of nitrogens with one attached hydrogen (secondary N) is 2. The highest BCUT2D eigenvalue weighted by molar-refractivity contribution is 5.92. The van der Waals surface area contributed by atoms with Gasteiger partial charge in [0.15, 0.2) is 0 Å². The first-order chi connectivity index (χ1) is 9.97. The van der Waals surface area contributed by atoms with Crippen LogP contribution in [0.2, 0.25) is 0 Å². The number of benzene rings is 1. The van der Waals surface area contributed by atoms with E-state index in [1.54, 1.807) is 0 Å². The van der Waals surface area contributed by atoms with Gasteiger partial charge in [-0.15, -0.1) is 0 Å². The van der Waals surface area contributed by atoms with E-state index in [4.69, 9.17) is 4.74 Å². The maximum Gasteiger partial charge on any atom is 0.323 e. The molecule has 1 aromatic rings. The lowest BCUT2D eigenvalue weighted by atomic mass is 10.0. The van der Waals surface area contributed by atoms with E-state index in [0.29, 0.717) is 0 Å². The molecular formula is C16H24N2O3. The molecule has 0 heterocycles. The molecule has 0 aliphatic rings. The maximum atomic E-state index is 11.9. The Morgan fingerprint density at radius 3 is 2.29 bits per heavy atom. The summed E-state index contributed by atoms with van der Waals surface area (Å²) in [6.45, 7) is 5.94. The number of carbonyl (C=O) groups is 2. The van der Waals surface area contributed by atoms with E-state index < -0.39 is 6.04 Å². The van der Waals surface area contributed by atoms with Gasteiger partial charge in [0.25, 0.3) is 0 Å². The van der Waals surface area contributed by atoms with Crippen LogP contribution in [0.5, 0.6) is 0 Å². The molecule has 1 aromatic carbocycles. The van der Waals surface area contributed by atoms with Gasteiger partial charge in [-0.3, -0.25) is 14.9 Å². The second kappa shape index (κ2) is 8.42. The quantitative estimate of drug-likeness (QED) is 0.754. The van der Waals surface area contributed by atoms with Crippen LogP contribution in [0.3, 0.4) is 0 Å². The van der Waals surface area contributed by atoms with Crippen LogP contribution in [0.4, 0.5) is 5.69 Å². The topological polar surface area (TPSA) is 67.4 Å². The van der Waals surface area contributed by atoms with Crippen molar-refractivity contribution >= 4 is 17.6 Å². The molecule has 2 N–H and O–H groups in total.